The molecule has 0 saturated heterocycles. The van der Waals surface area contributed by atoms with Crippen LogP contribution in [-0.4, -0.2) is 5.91 Å². The first-order chi connectivity index (χ1) is 10.4. The zero-order valence-electron chi connectivity index (χ0n) is 12.8. The maximum absolute atomic E-state index is 12.9. The highest BCUT2D eigenvalue weighted by atomic mass is 32.9. The number of rotatable bonds is 1. The van der Waals surface area contributed by atoms with Crippen molar-refractivity contribution >= 4 is 44.5 Å². The van der Waals surface area contributed by atoms with Gasteiger partial charge in [0.05, 0.1) is 16.1 Å². The number of nitrogens with zero attached hydrogens (tertiary/aromatic N) is 1. The van der Waals surface area contributed by atoms with Crippen molar-refractivity contribution in [3.8, 4) is 11.1 Å². The molecular weight excluding hydrogens is 330 g/mol. The number of carbonyl (C=O) groups is 1. The molecule has 22 heavy (non-hydrogen) atoms. The summed E-state index contributed by atoms with van der Waals surface area (Å²) in [7, 11) is 3.37. The van der Waals surface area contributed by atoms with E-state index in [0.29, 0.717) is 0 Å². The van der Waals surface area contributed by atoms with Crippen LogP contribution in [-0.2, 0) is 10.3 Å². The molecule has 0 radical (unpaired) electrons. The molecule has 114 valence electrons. The fourth-order valence-electron chi connectivity index (χ4n) is 3.25. The molecule has 2 nitrogen and oxygen atoms in total. The summed E-state index contributed by atoms with van der Waals surface area (Å²) in [5.74, 6) is 0.478. The Kier molecular flexibility index (Phi) is 3.13. The first-order valence-corrected chi connectivity index (χ1v) is 10.1. The van der Waals surface area contributed by atoms with Gasteiger partial charge in [0.15, 0.2) is 0 Å². The van der Waals surface area contributed by atoms with Crippen LogP contribution in [0.5, 0.6) is 0 Å². The Hall–Kier alpha value is -1.04. The van der Waals surface area contributed by atoms with Gasteiger partial charge in [-0.3, -0.25) is 4.79 Å². The molecule has 1 fully saturated rings. The number of carbonyl (C=O) groups excluding carboxylic acids is 1. The van der Waals surface area contributed by atoms with Gasteiger partial charge in [0, 0.05) is 17.0 Å². The standard InChI is InChI=1S/C17H17NOS3/c1-9-4-7-12-11(8-9)13-14(21-22-16(13)20)17(2,3)18(12)15(19)10-5-6-10/h4,7-8,10H,5-6H2,1-3H3. The highest BCUT2D eigenvalue weighted by Gasteiger charge is 2.46. The Balaban J connectivity index is 2.03. The van der Waals surface area contributed by atoms with Gasteiger partial charge in [-0.05, 0) is 45.7 Å². The molecular formula is C17H17NOS3. The molecule has 1 aliphatic carbocycles. The highest BCUT2D eigenvalue weighted by Crippen LogP contribution is 2.53. The fraction of sp³-hybridized carbons (Fsp3) is 0.412. The van der Waals surface area contributed by atoms with E-state index in [-0.39, 0.29) is 17.4 Å². The van der Waals surface area contributed by atoms with Gasteiger partial charge >= 0.3 is 0 Å². The molecule has 2 heterocycles. The van der Waals surface area contributed by atoms with E-state index in [1.807, 2.05) is 4.90 Å². The Morgan fingerprint density at radius 1 is 1.32 bits per heavy atom. The molecule has 5 heteroatoms. The molecule has 4 rings (SSSR count). The summed E-state index contributed by atoms with van der Waals surface area (Å²) in [5.41, 5.74) is 4.21. The average molecular weight is 348 g/mol. The molecule has 1 aliphatic heterocycles. The third-order valence-corrected chi connectivity index (χ3v) is 7.89. The van der Waals surface area contributed by atoms with Gasteiger partial charge in [0.25, 0.3) is 0 Å². The maximum atomic E-state index is 12.9. The van der Waals surface area contributed by atoms with E-state index < -0.39 is 0 Å². The quantitative estimate of drug-likeness (QED) is 0.501. The van der Waals surface area contributed by atoms with E-state index in [4.69, 9.17) is 12.2 Å². The number of hydrogen-bond acceptors (Lipinski definition) is 4. The summed E-state index contributed by atoms with van der Waals surface area (Å²) < 4.78 is 0.943. The summed E-state index contributed by atoms with van der Waals surface area (Å²) in [6.45, 7) is 6.38. The van der Waals surface area contributed by atoms with Gasteiger partial charge in [0.1, 0.15) is 3.82 Å². The van der Waals surface area contributed by atoms with Crippen molar-refractivity contribution < 1.29 is 4.79 Å². The number of fused-ring (bicyclic) bond motifs is 3. The third kappa shape index (κ3) is 1.95. The van der Waals surface area contributed by atoms with Crippen LogP contribution in [0, 0.1) is 16.7 Å². The zero-order chi connectivity index (χ0) is 15.6. The summed E-state index contributed by atoms with van der Waals surface area (Å²) in [6, 6.07) is 6.35. The normalized spacial score (nSPS) is 18.8. The number of aryl methyl sites for hydroxylation is 1. The fourth-order valence-corrected chi connectivity index (χ4v) is 6.53. The average Bonchev–Trinajstić information content (AvgIpc) is 3.22. The molecule has 0 N–H and O–H groups in total. The van der Waals surface area contributed by atoms with Crippen LogP contribution in [0.15, 0.2) is 18.2 Å². The lowest BCUT2D eigenvalue weighted by molar-refractivity contribution is -0.120. The van der Waals surface area contributed by atoms with Crippen molar-refractivity contribution in [2.45, 2.75) is 39.2 Å². The van der Waals surface area contributed by atoms with E-state index in [0.717, 1.165) is 27.9 Å². The topological polar surface area (TPSA) is 20.3 Å². The third-order valence-electron chi connectivity index (χ3n) is 4.56. The molecule has 1 amide bonds. The van der Waals surface area contributed by atoms with Crippen molar-refractivity contribution in [1.82, 2.24) is 0 Å². The summed E-state index contributed by atoms with van der Waals surface area (Å²) in [4.78, 5) is 16.2. The molecule has 1 aromatic carbocycles. The zero-order valence-corrected chi connectivity index (χ0v) is 15.3. The van der Waals surface area contributed by atoms with Crippen molar-refractivity contribution in [2.75, 3.05) is 4.90 Å². The van der Waals surface area contributed by atoms with Gasteiger partial charge in [-0.25, -0.2) is 0 Å². The molecule has 2 aromatic rings. The van der Waals surface area contributed by atoms with Gasteiger partial charge < -0.3 is 4.90 Å². The number of amides is 1. The Morgan fingerprint density at radius 3 is 2.73 bits per heavy atom. The minimum absolute atomic E-state index is 0.210. The minimum atomic E-state index is -0.324. The second-order valence-corrected chi connectivity index (χ2v) is 9.50. The first kappa shape index (κ1) is 14.5. The van der Waals surface area contributed by atoms with Crippen molar-refractivity contribution in [2.24, 2.45) is 5.92 Å². The second-order valence-electron chi connectivity index (χ2n) is 6.69. The van der Waals surface area contributed by atoms with Gasteiger partial charge in [-0.15, -0.1) is 0 Å². The lowest BCUT2D eigenvalue weighted by Gasteiger charge is -2.43. The Bertz CT molecular complexity index is 842. The Morgan fingerprint density at radius 2 is 2.05 bits per heavy atom. The molecule has 1 aromatic heterocycles. The van der Waals surface area contributed by atoms with Gasteiger partial charge in [0.2, 0.25) is 5.91 Å². The molecule has 0 spiro atoms. The predicted octanol–water partition coefficient (Wildman–Crippen LogP) is 5.51. The smallest absolute Gasteiger partial charge is 0.230 e. The SMILES string of the molecule is Cc1ccc2c(c1)-c1c(ssc1=S)C(C)(C)N2C(=O)C1CC1. The van der Waals surface area contributed by atoms with E-state index in [1.165, 1.54) is 16.0 Å². The molecule has 0 unspecified atom stereocenters. The first-order valence-electron chi connectivity index (χ1n) is 7.50. The van der Waals surface area contributed by atoms with E-state index in [2.05, 4.69) is 39.0 Å². The Labute approximate surface area is 142 Å². The van der Waals surface area contributed by atoms with E-state index in [9.17, 15) is 4.79 Å². The number of anilines is 1. The monoisotopic (exact) mass is 347 g/mol. The molecule has 1 saturated carbocycles. The molecule has 0 atom stereocenters. The van der Waals surface area contributed by atoms with Crippen LogP contribution in [0.1, 0.15) is 37.1 Å². The second kappa shape index (κ2) is 4.73. The van der Waals surface area contributed by atoms with Crippen molar-refractivity contribution in [3.05, 3.63) is 32.5 Å². The highest BCUT2D eigenvalue weighted by molar-refractivity contribution is 7.80. The largest absolute Gasteiger partial charge is 0.301 e. The van der Waals surface area contributed by atoms with Crippen molar-refractivity contribution in [3.63, 3.8) is 0 Å². The van der Waals surface area contributed by atoms with Crippen LogP contribution >= 0.6 is 32.9 Å². The van der Waals surface area contributed by atoms with Crippen molar-refractivity contribution in [1.29, 1.82) is 0 Å². The summed E-state index contributed by atoms with van der Waals surface area (Å²) in [5, 5.41) is 0. The maximum Gasteiger partial charge on any atom is 0.230 e. The predicted molar refractivity (Wildman–Crippen MR) is 96.4 cm³/mol. The van der Waals surface area contributed by atoms with Gasteiger partial charge in [-0.1, -0.05) is 44.5 Å². The minimum Gasteiger partial charge on any atom is -0.301 e. The van der Waals surface area contributed by atoms with Crippen LogP contribution in [0.3, 0.4) is 0 Å². The number of hydrogen-bond donors (Lipinski definition) is 0. The summed E-state index contributed by atoms with van der Waals surface area (Å²) in [6.07, 6.45) is 2.05. The van der Waals surface area contributed by atoms with Crippen LogP contribution in [0.4, 0.5) is 5.69 Å². The van der Waals surface area contributed by atoms with E-state index >= 15 is 0 Å². The van der Waals surface area contributed by atoms with Crippen LogP contribution in [0.2, 0.25) is 0 Å². The van der Waals surface area contributed by atoms with Crippen LogP contribution in [0.25, 0.3) is 11.1 Å². The molecule has 2 aliphatic rings. The van der Waals surface area contributed by atoms with Gasteiger partial charge in [-0.2, -0.15) is 0 Å². The van der Waals surface area contributed by atoms with Crippen LogP contribution < -0.4 is 4.90 Å². The number of benzene rings is 1. The lowest BCUT2D eigenvalue weighted by atomic mass is 9.86. The summed E-state index contributed by atoms with van der Waals surface area (Å²) >= 11 is 5.59. The molecule has 0 bridgehead atoms. The lowest BCUT2D eigenvalue weighted by Crippen LogP contribution is -2.48. The van der Waals surface area contributed by atoms with E-state index in [1.54, 1.807) is 20.7 Å².